The van der Waals surface area contributed by atoms with E-state index in [-0.39, 0.29) is 6.54 Å². The van der Waals surface area contributed by atoms with Crippen molar-refractivity contribution in [2.75, 3.05) is 26.7 Å². The molecular formula is C29H31F3N4O3. The number of pyridine rings is 1. The monoisotopic (exact) mass is 540 g/mol. The van der Waals surface area contributed by atoms with Crippen LogP contribution in [0.5, 0.6) is 5.75 Å². The van der Waals surface area contributed by atoms with Gasteiger partial charge in [0.05, 0.1) is 30.1 Å². The highest BCUT2D eigenvalue weighted by Crippen LogP contribution is 2.37. The van der Waals surface area contributed by atoms with Crippen molar-refractivity contribution in [3.05, 3.63) is 70.7 Å². The molecule has 1 aliphatic heterocycles. The normalized spacial score (nSPS) is 15.0. The lowest BCUT2D eigenvalue weighted by Crippen LogP contribution is -2.48. The van der Waals surface area contributed by atoms with Gasteiger partial charge < -0.3 is 10.5 Å². The van der Waals surface area contributed by atoms with Gasteiger partial charge >= 0.3 is 0 Å². The number of fused-ring (bicyclic) bond motifs is 1. The summed E-state index contributed by atoms with van der Waals surface area (Å²) in [5, 5.41) is 10.4. The van der Waals surface area contributed by atoms with Gasteiger partial charge in [-0.15, -0.1) is 0 Å². The van der Waals surface area contributed by atoms with Crippen molar-refractivity contribution in [1.29, 1.82) is 0 Å². The number of hydrogen-bond donors (Lipinski definition) is 3. The molecule has 0 atom stereocenters. The molecule has 39 heavy (non-hydrogen) atoms. The predicted octanol–water partition coefficient (Wildman–Crippen LogP) is 4.08. The number of carbonyl (C=O) groups excluding carboxylic acids is 1. The summed E-state index contributed by atoms with van der Waals surface area (Å²) in [5.74, 6) is 2.39. The third-order valence-electron chi connectivity index (χ3n) is 7.50. The first-order chi connectivity index (χ1) is 18.8. The number of nitrogens with zero attached hydrogens (tertiary/aromatic N) is 2. The van der Waals surface area contributed by atoms with Crippen LogP contribution in [0.3, 0.4) is 0 Å². The zero-order valence-corrected chi connectivity index (χ0v) is 21.7. The van der Waals surface area contributed by atoms with E-state index in [2.05, 4.69) is 16.8 Å². The maximum atomic E-state index is 13.8. The zero-order valence-electron chi connectivity index (χ0n) is 21.7. The molecule has 0 bridgehead atoms. The Kier molecular flexibility index (Phi) is 9.07. The van der Waals surface area contributed by atoms with Crippen LogP contribution < -0.4 is 16.0 Å². The zero-order chi connectivity index (χ0) is 28.0. The Hall–Kier alpha value is -3.65. The van der Waals surface area contributed by atoms with Gasteiger partial charge in [0.15, 0.2) is 0 Å². The molecule has 3 aromatic rings. The van der Waals surface area contributed by atoms with Crippen molar-refractivity contribution in [2.45, 2.75) is 38.6 Å². The predicted molar refractivity (Wildman–Crippen MR) is 140 cm³/mol. The fourth-order valence-corrected chi connectivity index (χ4v) is 5.22. The van der Waals surface area contributed by atoms with Gasteiger partial charge in [0, 0.05) is 43.4 Å². The van der Waals surface area contributed by atoms with Gasteiger partial charge in [0.2, 0.25) is 5.91 Å². The van der Waals surface area contributed by atoms with Crippen LogP contribution in [-0.4, -0.2) is 47.7 Å². The molecule has 4 rings (SSSR count). The van der Waals surface area contributed by atoms with Crippen molar-refractivity contribution < 1.29 is 27.9 Å². The second-order valence-electron chi connectivity index (χ2n) is 9.75. The quantitative estimate of drug-likeness (QED) is 0.226. The number of piperidine rings is 1. The van der Waals surface area contributed by atoms with Crippen LogP contribution in [0, 0.1) is 34.7 Å². The number of amides is 1. The average molecular weight is 541 g/mol. The number of ether oxygens (including phenoxy) is 1. The molecule has 0 radical (unpaired) electrons. The summed E-state index contributed by atoms with van der Waals surface area (Å²) in [6.45, 7) is 1.59. The largest absolute Gasteiger partial charge is 0.497 e. The van der Waals surface area contributed by atoms with Crippen LogP contribution in [0.1, 0.15) is 42.4 Å². The van der Waals surface area contributed by atoms with Crippen molar-refractivity contribution in [2.24, 2.45) is 11.1 Å². The summed E-state index contributed by atoms with van der Waals surface area (Å²) < 4.78 is 46.2. The lowest BCUT2D eigenvalue weighted by molar-refractivity contribution is -0.143. The molecule has 0 spiro atoms. The maximum Gasteiger partial charge on any atom is 0.249 e. The number of aryl methyl sites for hydroxylation is 1. The molecule has 1 saturated heterocycles. The van der Waals surface area contributed by atoms with Gasteiger partial charge in [-0.25, -0.2) is 18.7 Å². The first kappa shape index (κ1) is 28.4. The summed E-state index contributed by atoms with van der Waals surface area (Å²) >= 11 is 0. The van der Waals surface area contributed by atoms with Crippen LogP contribution in [0.2, 0.25) is 0 Å². The maximum absolute atomic E-state index is 13.8. The van der Waals surface area contributed by atoms with Gasteiger partial charge in [-0.2, -0.15) is 0 Å². The standard InChI is InChI=1S/C29H31F3N4O3/c1-39-21-6-7-27-24(16-21)22(19(17-33)18-34-27)4-2-8-29(28(37)35-38)9-12-36(13-10-29)11-3-5-23-25(31)14-20(30)15-26(23)32/h6-7,14-16,18,38H,2,4,8-13,17,33H2,1H3,(H,35,37). The molecule has 206 valence electrons. The number of hydroxylamine groups is 1. The number of hydrogen-bond acceptors (Lipinski definition) is 6. The number of nitrogens with two attached hydrogens (primary N) is 1. The Morgan fingerprint density at radius 3 is 2.56 bits per heavy atom. The van der Waals surface area contributed by atoms with E-state index in [1.165, 1.54) is 0 Å². The minimum atomic E-state index is -1.05. The van der Waals surface area contributed by atoms with Crippen LogP contribution >= 0.6 is 0 Å². The number of nitrogens with one attached hydrogen (secondary N) is 1. The summed E-state index contributed by atoms with van der Waals surface area (Å²) in [7, 11) is 1.61. The minimum absolute atomic E-state index is 0.234. The third-order valence-corrected chi connectivity index (χ3v) is 7.50. The molecule has 4 N–H and O–H groups in total. The van der Waals surface area contributed by atoms with Gasteiger partial charge in [-0.3, -0.25) is 19.9 Å². The number of carbonyl (C=O) groups is 1. The molecule has 1 aromatic heterocycles. The highest BCUT2D eigenvalue weighted by atomic mass is 19.1. The fourth-order valence-electron chi connectivity index (χ4n) is 5.22. The first-order valence-corrected chi connectivity index (χ1v) is 12.7. The number of aromatic nitrogens is 1. The van der Waals surface area contributed by atoms with E-state index >= 15 is 0 Å². The van der Waals surface area contributed by atoms with Crippen LogP contribution in [0.25, 0.3) is 10.9 Å². The lowest BCUT2D eigenvalue weighted by atomic mass is 9.73. The number of likely N-dealkylation sites (tertiary alicyclic amines) is 1. The van der Waals surface area contributed by atoms with E-state index in [1.54, 1.807) is 13.3 Å². The Morgan fingerprint density at radius 2 is 1.92 bits per heavy atom. The van der Waals surface area contributed by atoms with E-state index in [0.717, 1.165) is 27.8 Å². The smallest absolute Gasteiger partial charge is 0.249 e. The second kappa shape index (κ2) is 12.5. The lowest BCUT2D eigenvalue weighted by Gasteiger charge is -2.39. The highest BCUT2D eigenvalue weighted by molar-refractivity contribution is 5.84. The SMILES string of the molecule is COc1ccc2ncc(CN)c(CCCC3(C(=O)NO)CCN(CC#Cc4c(F)cc(F)cc4F)CC3)c2c1. The van der Waals surface area contributed by atoms with Crippen LogP contribution in [0.15, 0.2) is 36.5 Å². The molecule has 1 aliphatic rings. The Morgan fingerprint density at radius 1 is 1.21 bits per heavy atom. The Balaban J connectivity index is 1.43. The van der Waals surface area contributed by atoms with E-state index in [4.69, 9.17) is 10.5 Å². The average Bonchev–Trinajstić information content (AvgIpc) is 2.94. The Bertz CT molecular complexity index is 1380. The molecule has 7 nitrogen and oxygen atoms in total. The topological polar surface area (TPSA) is 101 Å². The molecule has 0 aliphatic carbocycles. The van der Waals surface area contributed by atoms with Crippen molar-refractivity contribution >= 4 is 16.8 Å². The van der Waals surface area contributed by atoms with Crippen LogP contribution in [-0.2, 0) is 17.8 Å². The minimum Gasteiger partial charge on any atom is -0.497 e. The number of rotatable bonds is 8. The van der Waals surface area contributed by atoms with E-state index in [9.17, 15) is 23.2 Å². The molecular weight excluding hydrogens is 509 g/mol. The Labute approximate surface area is 225 Å². The van der Waals surface area contributed by atoms with Crippen molar-refractivity contribution in [3.8, 4) is 17.6 Å². The molecule has 2 heterocycles. The number of benzene rings is 2. The van der Waals surface area contributed by atoms with Gasteiger partial charge in [0.1, 0.15) is 23.2 Å². The van der Waals surface area contributed by atoms with Gasteiger partial charge in [-0.05, 0) is 61.4 Å². The summed E-state index contributed by atoms with van der Waals surface area (Å²) in [4.78, 5) is 19.3. The summed E-state index contributed by atoms with van der Waals surface area (Å²) in [5.41, 5.74) is 9.43. The van der Waals surface area contributed by atoms with E-state index < -0.39 is 34.3 Å². The van der Waals surface area contributed by atoms with E-state index in [0.29, 0.717) is 63.9 Å². The first-order valence-electron chi connectivity index (χ1n) is 12.7. The number of methoxy groups -OCH3 is 1. The molecule has 1 amide bonds. The molecule has 0 unspecified atom stereocenters. The molecule has 1 fully saturated rings. The van der Waals surface area contributed by atoms with E-state index in [1.807, 2.05) is 28.6 Å². The molecule has 0 saturated carbocycles. The second-order valence-corrected chi connectivity index (χ2v) is 9.75. The summed E-state index contributed by atoms with van der Waals surface area (Å²) in [6, 6.07) is 6.88. The van der Waals surface area contributed by atoms with Gasteiger partial charge in [-0.1, -0.05) is 11.8 Å². The number of halogens is 3. The van der Waals surface area contributed by atoms with Gasteiger partial charge in [0.25, 0.3) is 0 Å². The third kappa shape index (κ3) is 6.33. The molecule has 2 aromatic carbocycles. The van der Waals surface area contributed by atoms with Crippen molar-refractivity contribution in [1.82, 2.24) is 15.4 Å². The molecule has 10 heteroatoms. The summed E-state index contributed by atoms with van der Waals surface area (Å²) in [6.07, 6.45) is 4.64. The van der Waals surface area contributed by atoms with Crippen LogP contribution in [0.4, 0.5) is 13.2 Å². The van der Waals surface area contributed by atoms with Crippen molar-refractivity contribution in [3.63, 3.8) is 0 Å². The highest BCUT2D eigenvalue weighted by Gasteiger charge is 2.40. The fraction of sp³-hybridized carbons (Fsp3) is 0.379.